The van der Waals surface area contributed by atoms with Crippen molar-refractivity contribution in [3.05, 3.63) is 35.9 Å². The van der Waals surface area contributed by atoms with Gasteiger partial charge in [-0.05, 0) is 32.3 Å². The van der Waals surface area contributed by atoms with Crippen LogP contribution in [0.4, 0.5) is 0 Å². The topological polar surface area (TPSA) is 49.3 Å². The van der Waals surface area contributed by atoms with Crippen molar-refractivity contribution in [1.29, 1.82) is 0 Å². The van der Waals surface area contributed by atoms with Crippen LogP contribution < -0.4 is 5.32 Å². The Morgan fingerprint density at radius 2 is 1.94 bits per heavy atom. The maximum absolute atomic E-state index is 11.2. The second-order valence-corrected chi connectivity index (χ2v) is 4.11. The molecule has 0 fully saturated rings. The van der Waals surface area contributed by atoms with Gasteiger partial charge in [-0.1, -0.05) is 30.3 Å². The van der Waals surface area contributed by atoms with Gasteiger partial charge >= 0.3 is 0 Å². The van der Waals surface area contributed by atoms with Crippen LogP contribution in [0.3, 0.4) is 0 Å². The van der Waals surface area contributed by atoms with Gasteiger partial charge in [0.1, 0.15) is 6.10 Å². The molecule has 0 unspecified atom stereocenters. The predicted octanol–water partition coefficient (Wildman–Crippen LogP) is 1.50. The number of amides is 1. The summed E-state index contributed by atoms with van der Waals surface area (Å²) in [4.78, 5) is 11.2. The molecule has 0 saturated heterocycles. The van der Waals surface area contributed by atoms with E-state index < -0.39 is 6.10 Å². The molecule has 0 heterocycles. The highest BCUT2D eigenvalue weighted by molar-refractivity contribution is 5.80. The van der Waals surface area contributed by atoms with Crippen molar-refractivity contribution in [2.75, 3.05) is 0 Å². The average molecular weight is 221 g/mol. The molecule has 0 bridgehead atoms. The molecule has 1 aromatic rings. The molecule has 3 nitrogen and oxygen atoms in total. The summed E-state index contributed by atoms with van der Waals surface area (Å²) in [5.41, 5.74) is 1.26. The molecule has 88 valence electrons. The first-order chi connectivity index (χ1) is 7.59. The van der Waals surface area contributed by atoms with E-state index in [0.29, 0.717) is 0 Å². The first-order valence-corrected chi connectivity index (χ1v) is 5.62. The fourth-order valence-electron chi connectivity index (χ4n) is 1.46. The molecule has 1 rings (SSSR count). The van der Waals surface area contributed by atoms with Crippen molar-refractivity contribution in [3.63, 3.8) is 0 Å². The van der Waals surface area contributed by atoms with E-state index in [-0.39, 0.29) is 11.9 Å². The third kappa shape index (κ3) is 4.45. The third-order valence-electron chi connectivity index (χ3n) is 2.48. The highest BCUT2D eigenvalue weighted by Gasteiger charge is 2.11. The number of benzene rings is 1. The summed E-state index contributed by atoms with van der Waals surface area (Å²) in [5, 5.41) is 11.8. The van der Waals surface area contributed by atoms with Crippen molar-refractivity contribution < 1.29 is 9.90 Å². The van der Waals surface area contributed by atoms with E-state index in [2.05, 4.69) is 17.4 Å². The van der Waals surface area contributed by atoms with E-state index in [0.717, 1.165) is 12.8 Å². The summed E-state index contributed by atoms with van der Waals surface area (Å²) in [6, 6.07) is 10.2. The zero-order chi connectivity index (χ0) is 12.0. The van der Waals surface area contributed by atoms with E-state index in [9.17, 15) is 4.79 Å². The lowest BCUT2D eigenvalue weighted by Gasteiger charge is -2.14. The molecule has 0 aliphatic heterocycles. The first kappa shape index (κ1) is 12.7. The number of hydrogen-bond donors (Lipinski definition) is 2. The maximum atomic E-state index is 11.2. The Balaban J connectivity index is 2.30. The Kier molecular flexibility index (Phi) is 4.99. The number of aryl methyl sites for hydroxylation is 1. The van der Waals surface area contributed by atoms with Gasteiger partial charge < -0.3 is 10.4 Å². The number of aliphatic hydroxyl groups excluding tert-OH is 1. The van der Waals surface area contributed by atoms with Crippen LogP contribution in [0.5, 0.6) is 0 Å². The van der Waals surface area contributed by atoms with E-state index >= 15 is 0 Å². The number of aliphatic hydroxyl groups is 1. The van der Waals surface area contributed by atoms with E-state index in [1.54, 1.807) is 0 Å². The molecule has 0 aromatic heterocycles. The summed E-state index contributed by atoms with van der Waals surface area (Å²) in [5.74, 6) is -0.305. The average Bonchev–Trinajstić information content (AvgIpc) is 2.27. The molecule has 0 saturated carbocycles. The van der Waals surface area contributed by atoms with Crippen LogP contribution >= 0.6 is 0 Å². The third-order valence-corrected chi connectivity index (χ3v) is 2.48. The largest absolute Gasteiger partial charge is 0.384 e. The highest BCUT2D eigenvalue weighted by Crippen LogP contribution is 2.04. The van der Waals surface area contributed by atoms with Gasteiger partial charge in [-0.25, -0.2) is 0 Å². The molecule has 0 radical (unpaired) electrons. The second-order valence-electron chi connectivity index (χ2n) is 4.11. The lowest BCUT2D eigenvalue weighted by Crippen LogP contribution is -2.38. The van der Waals surface area contributed by atoms with Gasteiger partial charge in [0.05, 0.1) is 0 Å². The molecule has 0 aliphatic rings. The second kappa shape index (κ2) is 6.28. The van der Waals surface area contributed by atoms with Gasteiger partial charge in [0.15, 0.2) is 0 Å². The molecule has 3 heteroatoms. The molecule has 2 atom stereocenters. The van der Waals surface area contributed by atoms with E-state index in [1.165, 1.54) is 12.5 Å². The van der Waals surface area contributed by atoms with Crippen molar-refractivity contribution in [2.45, 2.75) is 38.8 Å². The standard InChI is InChI=1S/C13H19NO2/c1-10(14-13(16)11(2)15)8-9-12-6-4-3-5-7-12/h3-7,10-11,15H,8-9H2,1-2H3,(H,14,16)/t10-,11-/m0/s1. The van der Waals surface area contributed by atoms with Crippen LogP contribution in [0.15, 0.2) is 30.3 Å². The Bertz CT molecular complexity index is 322. The number of rotatable bonds is 5. The fraction of sp³-hybridized carbons (Fsp3) is 0.462. The van der Waals surface area contributed by atoms with Crippen molar-refractivity contribution in [3.8, 4) is 0 Å². The van der Waals surface area contributed by atoms with Gasteiger partial charge in [0.2, 0.25) is 5.91 Å². The van der Waals surface area contributed by atoms with Crippen molar-refractivity contribution in [1.82, 2.24) is 5.32 Å². The number of nitrogens with one attached hydrogen (secondary N) is 1. The Morgan fingerprint density at radius 1 is 1.31 bits per heavy atom. The summed E-state index contributed by atoms with van der Waals surface area (Å²) in [7, 11) is 0. The van der Waals surface area contributed by atoms with Gasteiger partial charge in [-0.3, -0.25) is 4.79 Å². The summed E-state index contributed by atoms with van der Waals surface area (Å²) in [6.45, 7) is 3.42. The molecule has 0 aliphatic carbocycles. The summed E-state index contributed by atoms with van der Waals surface area (Å²) >= 11 is 0. The van der Waals surface area contributed by atoms with Crippen LogP contribution in [-0.4, -0.2) is 23.2 Å². The fourth-order valence-corrected chi connectivity index (χ4v) is 1.46. The SMILES string of the molecule is C[C@H](O)C(=O)N[C@@H](C)CCc1ccccc1. The molecule has 2 N–H and O–H groups in total. The lowest BCUT2D eigenvalue weighted by atomic mass is 10.1. The highest BCUT2D eigenvalue weighted by atomic mass is 16.3. The monoisotopic (exact) mass is 221 g/mol. The Morgan fingerprint density at radius 3 is 2.50 bits per heavy atom. The molecule has 1 aromatic carbocycles. The van der Waals surface area contributed by atoms with Gasteiger partial charge in [0, 0.05) is 6.04 Å². The number of carbonyl (C=O) groups excluding carboxylic acids is 1. The minimum absolute atomic E-state index is 0.0855. The van der Waals surface area contributed by atoms with Crippen molar-refractivity contribution in [2.24, 2.45) is 0 Å². The Hall–Kier alpha value is -1.35. The molecular formula is C13H19NO2. The van der Waals surface area contributed by atoms with Gasteiger partial charge in [-0.2, -0.15) is 0 Å². The summed E-state index contributed by atoms with van der Waals surface area (Å²) in [6.07, 6.45) is 0.879. The zero-order valence-electron chi connectivity index (χ0n) is 9.81. The smallest absolute Gasteiger partial charge is 0.248 e. The lowest BCUT2D eigenvalue weighted by molar-refractivity contribution is -0.129. The predicted molar refractivity (Wildman–Crippen MR) is 64.0 cm³/mol. The van der Waals surface area contributed by atoms with Crippen LogP contribution in [0.1, 0.15) is 25.8 Å². The van der Waals surface area contributed by atoms with Crippen LogP contribution in [0.25, 0.3) is 0 Å². The quantitative estimate of drug-likeness (QED) is 0.791. The molecule has 1 amide bonds. The number of hydrogen-bond acceptors (Lipinski definition) is 2. The van der Waals surface area contributed by atoms with Gasteiger partial charge in [-0.15, -0.1) is 0 Å². The van der Waals surface area contributed by atoms with E-state index in [4.69, 9.17) is 5.11 Å². The molecule has 0 spiro atoms. The van der Waals surface area contributed by atoms with Crippen LogP contribution in [-0.2, 0) is 11.2 Å². The minimum atomic E-state index is -0.931. The van der Waals surface area contributed by atoms with Gasteiger partial charge in [0.25, 0.3) is 0 Å². The van der Waals surface area contributed by atoms with Crippen molar-refractivity contribution >= 4 is 5.91 Å². The van der Waals surface area contributed by atoms with Crippen LogP contribution in [0.2, 0.25) is 0 Å². The normalized spacial score (nSPS) is 14.2. The van der Waals surface area contributed by atoms with E-state index in [1.807, 2.05) is 25.1 Å². The Labute approximate surface area is 96.5 Å². The minimum Gasteiger partial charge on any atom is -0.384 e. The maximum Gasteiger partial charge on any atom is 0.248 e. The zero-order valence-corrected chi connectivity index (χ0v) is 9.81. The molecular weight excluding hydrogens is 202 g/mol. The first-order valence-electron chi connectivity index (χ1n) is 5.62. The summed E-state index contributed by atoms with van der Waals surface area (Å²) < 4.78 is 0. The molecule has 16 heavy (non-hydrogen) atoms. The number of carbonyl (C=O) groups is 1. The van der Waals surface area contributed by atoms with Crippen LogP contribution in [0, 0.1) is 0 Å².